The minimum atomic E-state index is -4.36. The first kappa shape index (κ1) is 24.9. The number of aromatic nitrogens is 3. The third kappa shape index (κ3) is 5.64. The maximum absolute atomic E-state index is 13.5. The number of likely N-dealkylation sites (tertiary alicyclic amines) is 1. The Balaban J connectivity index is 1.41. The summed E-state index contributed by atoms with van der Waals surface area (Å²) in [5, 5.41) is 0. The van der Waals surface area contributed by atoms with Gasteiger partial charge in [-0.25, -0.2) is 9.97 Å². The lowest BCUT2D eigenvalue weighted by Crippen LogP contribution is -2.33. The van der Waals surface area contributed by atoms with Crippen molar-refractivity contribution < 1.29 is 17.9 Å². The average molecular weight is 505 g/mol. The Bertz CT molecular complexity index is 1350. The van der Waals surface area contributed by atoms with Gasteiger partial charge in [0.15, 0.2) is 5.82 Å². The van der Waals surface area contributed by atoms with Gasteiger partial charge in [-0.05, 0) is 67.4 Å². The molecule has 8 heteroatoms. The van der Waals surface area contributed by atoms with Crippen molar-refractivity contribution in [2.24, 2.45) is 0 Å². The molecule has 3 heterocycles. The van der Waals surface area contributed by atoms with E-state index in [1.54, 1.807) is 31.6 Å². The molecule has 0 amide bonds. The van der Waals surface area contributed by atoms with Crippen LogP contribution in [0.3, 0.4) is 0 Å². The van der Waals surface area contributed by atoms with Crippen LogP contribution in [0.4, 0.5) is 13.2 Å². The molecule has 5 rings (SSSR count). The van der Waals surface area contributed by atoms with Crippen LogP contribution in [-0.2, 0) is 12.7 Å². The van der Waals surface area contributed by atoms with Crippen molar-refractivity contribution in [1.29, 1.82) is 0 Å². The van der Waals surface area contributed by atoms with Gasteiger partial charge in [-0.15, -0.1) is 0 Å². The molecule has 1 fully saturated rings. The van der Waals surface area contributed by atoms with Gasteiger partial charge in [-0.1, -0.05) is 30.3 Å². The predicted molar refractivity (Wildman–Crippen MR) is 136 cm³/mol. The van der Waals surface area contributed by atoms with Gasteiger partial charge in [0.2, 0.25) is 0 Å². The van der Waals surface area contributed by atoms with Crippen LogP contribution in [-0.4, -0.2) is 40.1 Å². The molecule has 0 radical (unpaired) electrons. The van der Waals surface area contributed by atoms with Gasteiger partial charge in [-0.3, -0.25) is 9.88 Å². The first-order valence-corrected chi connectivity index (χ1v) is 12.2. The van der Waals surface area contributed by atoms with Crippen molar-refractivity contribution >= 4 is 0 Å². The van der Waals surface area contributed by atoms with Gasteiger partial charge in [0.25, 0.3) is 0 Å². The second-order valence-corrected chi connectivity index (χ2v) is 9.17. The number of nitrogens with zero attached hydrogens (tertiary/aromatic N) is 4. The van der Waals surface area contributed by atoms with E-state index in [9.17, 15) is 13.2 Å². The van der Waals surface area contributed by atoms with E-state index >= 15 is 0 Å². The largest absolute Gasteiger partial charge is 0.497 e. The summed E-state index contributed by atoms with van der Waals surface area (Å²) in [6.45, 7) is 1.64. The third-order valence-electron chi connectivity index (χ3n) is 6.83. The molecule has 0 saturated carbocycles. The topological polar surface area (TPSA) is 51.1 Å². The Morgan fingerprint density at radius 1 is 0.946 bits per heavy atom. The van der Waals surface area contributed by atoms with E-state index in [1.807, 2.05) is 42.6 Å². The van der Waals surface area contributed by atoms with E-state index in [0.29, 0.717) is 24.5 Å². The van der Waals surface area contributed by atoms with E-state index in [0.717, 1.165) is 47.0 Å². The smallest absolute Gasteiger partial charge is 0.416 e. The Hall–Kier alpha value is -3.78. The normalized spacial score (nSPS) is 15.0. The number of halogens is 3. The minimum absolute atomic E-state index is 0.152. The number of piperidine rings is 1. The second kappa shape index (κ2) is 10.7. The molecule has 1 aliphatic heterocycles. The molecule has 0 N–H and O–H groups in total. The van der Waals surface area contributed by atoms with Gasteiger partial charge in [0.05, 0.1) is 18.4 Å². The van der Waals surface area contributed by atoms with Crippen LogP contribution in [0.15, 0.2) is 79.3 Å². The summed E-state index contributed by atoms with van der Waals surface area (Å²) in [5.74, 6) is 1.53. The molecule has 4 aromatic rings. The Morgan fingerprint density at radius 3 is 2.43 bits per heavy atom. The predicted octanol–water partition coefficient (Wildman–Crippen LogP) is 6.61. The SMILES string of the molecule is COc1cccc(-c2cnc(-c3ccncc3)nc2C2CCN(Cc3ccccc3C(F)(F)F)CC2)c1. The summed E-state index contributed by atoms with van der Waals surface area (Å²) in [6, 6.07) is 17.4. The summed E-state index contributed by atoms with van der Waals surface area (Å²) in [5.41, 5.74) is 3.50. The standard InChI is InChI=1S/C29H27F3N4O/c1-37-24-7-4-6-22(17-24)25-18-34-28(21-9-13-33-14-10-21)35-27(25)20-11-15-36(16-12-20)19-23-5-2-3-8-26(23)29(30,31)32/h2-10,13-14,17-18,20H,11-12,15-16,19H2,1H3. The van der Waals surface area contributed by atoms with Gasteiger partial charge in [-0.2, -0.15) is 13.2 Å². The zero-order valence-corrected chi connectivity index (χ0v) is 20.4. The fourth-order valence-electron chi connectivity index (χ4n) is 4.90. The van der Waals surface area contributed by atoms with Gasteiger partial charge >= 0.3 is 6.18 Å². The highest BCUT2D eigenvalue weighted by Crippen LogP contribution is 2.37. The Morgan fingerprint density at radius 2 is 1.70 bits per heavy atom. The highest BCUT2D eigenvalue weighted by Gasteiger charge is 2.34. The lowest BCUT2D eigenvalue weighted by molar-refractivity contribution is -0.138. The van der Waals surface area contributed by atoms with Crippen LogP contribution < -0.4 is 4.74 Å². The summed E-state index contributed by atoms with van der Waals surface area (Å²) < 4.78 is 45.9. The van der Waals surface area contributed by atoms with Gasteiger partial charge < -0.3 is 4.74 Å². The molecule has 0 aliphatic carbocycles. The monoisotopic (exact) mass is 504 g/mol. The van der Waals surface area contributed by atoms with Crippen LogP contribution in [0.25, 0.3) is 22.5 Å². The molecule has 2 aromatic carbocycles. The van der Waals surface area contributed by atoms with E-state index < -0.39 is 11.7 Å². The fraction of sp³-hybridized carbons (Fsp3) is 0.276. The number of pyridine rings is 1. The number of ether oxygens (including phenoxy) is 1. The number of methoxy groups -OCH3 is 1. The van der Waals surface area contributed by atoms with Crippen LogP contribution in [0.5, 0.6) is 5.75 Å². The van der Waals surface area contributed by atoms with E-state index in [2.05, 4.69) is 14.9 Å². The highest BCUT2D eigenvalue weighted by atomic mass is 19.4. The number of hydrogen-bond acceptors (Lipinski definition) is 5. The van der Waals surface area contributed by atoms with Crippen molar-refractivity contribution in [3.63, 3.8) is 0 Å². The van der Waals surface area contributed by atoms with Crippen LogP contribution in [0, 0.1) is 0 Å². The van der Waals surface area contributed by atoms with Gasteiger partial charge in [0, 0.05) is 42.2 Å². The second-order valence-electron chi connectivity index (χ2n) is 9.17. The first-order valence-electron chi connectivity index (χ1n) is 12.2. The zero-order chi connectivity index (χ0) is 25.8. The molecule has 5 nitrogen and oxygen atoms in total. The minimum Gasteiger partial charge on any atom is -0.497 e. The maximum atomic E-state index is 13.5. The summed E-state index contributed by atoms with van der Waals surface area (Å²) >= 11 is 0. The van der Waals surface area contributed by atoms with Crippen LogP contribution in [0.2, 0.25) is 0 Å². The molecule has 1 saturated heterocycles. The summed E-state index contributed by atoms with van der Waals surface area (Å²) in [6.07, 6.45) is 2.51. The first-order chi connectivity index (χ1) is 17.9. The molecule has 190 valence electrons. The lowest BCUT2D eigenvalue weighted by atomic mass is 9.88. The van der Waals surface area contributed by atoms with Crippen molar-refractivity contribution in [2.45, 2.75) is 31.5 Å². The lowest BCUT2D eigenvalue weighted by Gasteiger charge is -2.33. The maximum Gasteiger partial charge on any atom is 0.416 e. The molecule has 0 spiro atoms. The summed E-state index contributed by atoms with van der Waals surface area (Å²) in [7, 11) is 1.63. The van der Waals surface area contributed by atoms with Crippen molar-refractivity contribution in [3.8, 4) is 28.3 Å². The van der Waals surface area contributed by atoms with Crippen molar-refractivity contribution in [2.75, 3.05) is 20.2 Å². The molecule has 37 heavy (non-hydrogen) atoms. The number of rotatable bonds is 6. The molecular weight excluding hydrogens is 477 g/mol. The quantitative estimate of drug-likeness (QED) is 0.296. The Labute approximate surface area is 214 Å². The molecular formula is C29H27F3N4O. The zero-order valence-electron chi connectivity index (χ0n) is 20.4. The van der Waals surface area contributed by atoms with Gasteiger partial charge in [0.1, 0.15) is 5.75 Å². The van der Waals surface area contributed by atoms with Crippen molar-refractivity contribution in [1.82, 2.24) is 19.9 Å². The molecule has 2 aromatic heterocycles. The van der Waals surface area contributed by atoms with Crippen LogP contribution in [0.1, 0.15) is 35.6 Å². The fourth-order valence-corrected chi connectivity index (χ4v) is 4.90. The van der Waals surface area contributed by atoms with E-state index in [-0.39, 0.29) is 12.5 Å². The van der Waals surface area contributed by atoms with Crippen LogP contribution >= 0.6 is 0 Å². The molecule has 0 bridgehead atoms. The molecule has 1 aliphatic rings. The highest BCUT2D eigenvalue weighted by molar-refractivity contribution is 5.69. The Kier molecular flexibility index (Phi) is 7.19. The number of alkyl halides is 3. The number of hydrogen-bond donors (Lipinski definition) is 0. The third-order valence-corrected chi connectivity index (χ3v) is 6.83. The number of benzene rings is 2. The van der Waals surface area contributed by atoms with E-state index in [4.69, 9.17) is 9.72 Å². The van der Waals surface area contributed by atoms with E-state index in [1.165, 1.54) is 6.07 Å². The average Bonchev–Trinajstić information content (AvgIpc) is 2.93. The van der Waals surface area contributed by atoms with Crippen molar-refractivity contribution in [3.05, 3.63) is 96.1 Å². The molecule has 0 unspecified atom stereocenters. The molecule has 0 atom stereocenters. The summed E-state index contributed by atoms with van der Waals surface area (Å²) in [4.78, 5) is 15.8.